The monoisotopic (exact) mass is 354 g/mol. The lowest BCUT2D eigenvalue weighted by molar-refractivity contribution is -0.143. The van der Waals surface area contributed by atoms with E-state index < -0.39 is 18.1 Å². The number of likely N-dealkylation sites (tertiary alicyclic amines) is 1. The van der Waals surface area contributed by atoms with Gasteiger partial charge in [-0.2, -0.15) is 0 Å². The van der Waals surface area contributed by atoms with Crippen LogP contribution >= 0.6 is 0 Å². The molecule has 1 aromatic heterocycles. The fourth-order valence-electron chi connectivity index (χ4n) is 3.78. The van der Waals surface area contributed by atoms with E-state index in [0.717, 1.165) is 24.1 Å². The lowest BCUT2D eigenvalue weighted by Gasteiger charge is -2.28. The van der Waals surface area contributed by atoms with E-state index in [1.165, 1.54) is 4.90 Å². The Labute approximate surface area is 152 Å². The van der Waals surface area contributed by atoms with Gasteiger partial charge in [0.2, 0.25) is 5.91 Å². The number of hydrogen-bond donors (Lipinski definition) is 0. The van der Waals surface area contributed by atoms with E-state index in [4.69, 9.17) is 9.25 Å². The summed E-state index contributed by atoms with van der Waals surface area (Å²) in [6.07, 6.45) is 2.50. The summed E-state index contributed by atoms with van der Waals surface area (Å²) < 4.78 is 5.61. The number of hydroxylamine groups is 1. The second-order valence-corrected chi connectivity index (χ2v) is 6.81. The maximum Gasteiger partial charge on any atom is 0.262 e. The van der Waals surface area contributed by atoms with Crippen molar-refractivity contribution < 1.29 is 18.8 Å². The molecule has 0 bridgehead atoms. The summed E-state index contributed by atoms with van der Waals surface area (Å²) >= 11 is 0. The van der Waals surface area contributed by atoms with Gasteiger partial charge in [0.05, 0.1) is 12.0 Å². The Morgan fingerprint density at radius 2 is 1.88 bits per heavy atom. The zero-order chi connectivity index (χ0) is 18.3. The van der Waals surface area contributed by atoms with Gasteiger partial charge in [-0.15, -0.1) is 0 Å². The normalized spacial score (nSPS) is 25.2. The Morgan fingerprint density at radius 3 is 2.58 bits per heavy atom. The van der Waals surface area contributed by atoms with Gasteiger partial charge in [0.1, 0.15) is 17.7 Å². The molecule has 1 aromatic carbocycles. The number of unbranched alkanes of at least 4 members (excludes halogenated alkanes) is 1. The third-order valence-electron chi connectivity index (χ3n) is 5.13. The molecule has 2 amide bonds. The number of aryl methyl sites for hydroxylation is 1. The van der Waals surface area contributed by atoms with Gasteiger partial charge in [0, 0.05) is 6.54 Å². The van der Waals surface area contributed by atoms with Gasteiger partial charge in [0.25, 0.3) is 5.91 Å². The van der Waals surface area contributed by atoms with Gasteiger partial charge >= 0.3 is 0 Å². The number of para-hydroxylation sites is 1. The molecule has 0 radical (unpaired) electrons. The molecule has 2 aliphatic heterocycles. The molecule has 0 unspecified atom stereocenters. The minimum Gasteiger partial charge on any atom is -0.467 e. The van der Waals surface area contributed by atoms with Gasteiger partial charge < -0.3 is 4.42 Å². The summed E-state index contributed by atoms with van der Waals surface area (Å²) in [6, 6.07) is 10.9. The number of furan rings is 1. The quantitative estimate of drug-likeness (QED) is 0.772. The van der Waals surface area contributed by atoms with E-state index in [1.54, 1.807) is 17.4 Å². The molecule has 2 aliphatic rings. The number of imide groups is 1. The minimum absolute atomic E-state index is 0.175. The van der Waals surface area contributed by atoms with E-state index >= 15 is 0 Å². The number of rotatable bonds is 5. The molecular formula is C20H22N2O4. The van der Waals surface area contributed by atoms with Crippen molar-refractivity contribution in [3.05, 3.63) is 54.0 Å². The van der Waals surface area contributed by atoms with Crippen molar-refractivity contribution in [1.29, 1.82) is 0 Å². The molecule has 2 aromatic rings. The number of amides is 2. The highest BCUT2D eigenvalue weighted by Gasteiger charge is 2.60. The maximum atomic E-state index is 13.0. The second kappa shape index (κ2) is 6.61. The van der Waals surface area contributed by atoms with Crippen LogP contribution in [-0.2, 0) is 14.4 Å². The zero-order valence-corrected chi connectivity index (χ0v) is 14.9. The molecule has 2 fully saturated rings. The van der Waals surface area contributed by atoms with Crippen molar-refractivity contribution in [1.82, 2.24) is 4.90 Å². The third-order valence-corrected chi connectivity index (χ3v) is 5.13. The highest BCUT2D eigenvalue weighted by molar-refractivity contribution is 6.07. The maximum absolute atomic E-state index is 13.0. The van der Waals surface area contributed by atoms with Crippen LogP contribution in [0.2, 0.25) is 0 Å². The highest BCUT2D eigenvalue weighted by Crippen LogP contribution is 2.47. The number of anilines is 1. The molecular weight excluding hydrogens is 332 g/mol. The molecule has 3 heterocycles. The van der Waals surface area contributed by atoms with Crippen molar-refractivity contribution >= 4 is 17.5 Å². The van der Waals surface area contributed by atoms with Gasteiger partial charge in [-0.25, -0.2) is 5.06 Å². The van der Waals surface area contributed by atoms with Gasteiger partial charge in [-0.05, 0) is 37.1 Å². The first-order valence-corrected chi connectivity index (χ1v) is 9.03. The standard InChI is InChI=1S/C20H22N2O4/c1-3-4-11-21-19(23)16-17(15-10-7-12-25-15)22(26-18(16)20(21)24)14-9-6-5-8-13(14)2/h5-10,12,16-18H,3-4,11H2,1-2H3/t16-,17+,18-/m1/s1. The first kappa shape index (κ1) is 16.8. The van der Waals surface area contributed by atoms with Crippen LogP contribution in [0.5, 0.6) is 0 Å². The summed E-state index contributed by atoms with van der Waals surface area (Å²) in [6.45, 7) is 4.46. The van der Waals surface area contributed by atoms with Gasteiger partial charge in [-0.3, -0.25) is 19.3 Å². The highest BCUT2D eigenvalue weighted by atomic mass is 16.7. The van der Waals surface area contributed by atoms with Gasteiger partial charge in [0.15, 0.2) is 6.10 Å². The second-order valence-electron chi connectivity index (χ2n) is 6.81. The van der Waals surface area contributed by atoms with Crippen molar-refractivity contribution in [2.45, 2.75) is 38.8 Å². The van der Waals surface area contributed by atoms with Crippen LogP contribution in [0.1, 0.15) is 37.1 Å². The van der Waals surface area contributed by atoms with Crippen LogP contribution in [-0.4, -0.2) is 29.4 Å². The van der Waals surface area contributed by atoms with E-state index in [2.05, 4.69) is 0 Å². The number of carbonyl (C=O) groups is 2. The Kier molecular flexibility index (Phi) is 4.28. The van der Waals surface area contributed by atoms with Crippen molar-refractivity contribution in [3.8, 4) is 0 Å². The van der Waals surface area contributed by atoms with Crippen LogP contribution in [0.4, 0.5) is 5.69 Å². The number of benzene rings is 1. The van der Waals surface area contributed by atoms with E-state index in [9.17, 15) is 9.59 Å². The van der Waals surface area contributed by atoms with E-state index in [0.29, 0.717) is 12.3 Å². The predicted molar refractivity (Wildman–Crippen MR) is 95.1 cm³/mol. The Bertz CT molecular complexity index is 817. The van der Waals surface area contributed by atoms with Crippen molar-refractivity contribution in [2.24, 2.45) is 5.92 Å². The third kappa shape index (κ3) is 2.52. The minimum atomic E-state index is -0.797. The largest absolute Gasteiger partial charge is 0.467 e. The summed E-state index contributed by atoms with van der Waals surface area (Å²) in [5, 5.41) is 1.68. The average molecular weight is 354 g/mol. The summed E-state index contributed by atoms with van der Waals surface area (Å²) in [7, 11) is 0. The van der Waals surface area contributed by atoms with Crippen LogP contribution < -0.4 is 5.06 Å². The Balaban J connectivity index is 1.73. The van der Waals surface area contributed by atoms with Crippen LogP contribution in [0.25, 0.3) is 0 Å². The number of carbonyl (C=O) groups excluding carboxylic acids is 2. The smallest absolute Gasteiger partial charge is 0.262 e. The van der Waals surface area contributed by atoms with Crippen molar-refractivity contribution in [3.63, 3.8) is 0 Å². The predicted octanol–water partition coefficient (Wildman–Crippen LogP) is 3.23. The number of fused-ring (bicyclic) bond motifs is 1. The van der Waals surface area contributed by atoms with E-state index in [1.807, 2.05) is 44.2 Å². The fraction of sp³-hybridized carbons (Fsp3) is 0.400. The van der Waals surface area contributed by atoms with Crippen molar-refractivity contribution in [2.75, 3.05) is 11.6 Å². The summed E-state index contributed by atoms with van der Waals surface area (Å²) in [5.74, 6) is -0.392. The molecule has 0 N–H and O–H groups in total. The molecule has 0 saturated carbocycles. The van der Waals surface area contributed by atoms with Crippen LogP contribution in [0, 0.1) is 12.8 Å². The Morgan fingerprint density at radius 1 is 1.08 bits per heavy atom. The first-order valence-electron chi connectivity index (χ1n) is 9.03. The zero-order valence-electron chi connectivity index (χ0n) is 14.9. The molecule has 0 spiro atoms. The molecule has 6 nitrogen and oxygen atoms in total. The average Bonchev–Trinajstić information content (AvgIpc) is 3.33. The number of nitrogens with zero attached hydrogens (tertiary/aromatic N) is 2. The molecule has 136 valence electrons. The molecule has 4 rings (SSSR count). The van der Waals surface area contributed by atoms with E-state index in [-0.39, 0.29) is 11.8 Å². The lowest BCUT2D eigenvalue weighted by atomic mass is 9.94. The first-order chi connectivity index (χ1) is 12.6. The topological polar surface area (TPSA) is 63.0 Å². The molecule has 6 heteroatoms. The SMILES string of the molecule is CCCCN1C(=O)[C@H]2[C@@H](ON(c3ccccc3C)[C@H]2c2ccco2)C1=O. The Hall–Kier alpha value is -2.60. The number of hydrogen-bond acceptors (Lipinski definition) is 5. The van der Waals surface area contributed by atoms with Crippen LogP contribution in [0.15, 0.2) is 47.1 Å². The molecule has 0 aliphatic carbocycles. The summed E-state index contributed by atoms with van der Waals surface area (Å²) in [4.78, 5) is 33.2. The summed E-state index contributed by atoms with van der Waals surface area (Å²) in [5.41, 5.74) is 1.84. The molecule has 2 saturated heterocycles. The van der Waals surface area contributed by atoms with Crippen LogP contribution in [0.3, 0.4) is 0 Å². The fourth-order valence-corrected chi connectivity index (χ4v) is 3.78. The molecule has 3 atom stereocenters. The van der Waals surface area contributed by atoms with Gasteiger partial charge in [-0.1, -0.05) is 31.5 Å². The molecule has 26 heavy (non-hydrogen) atoms. The lowest BCUT2D eigenvalue weighted by Crippen LogP contribution is -2.37.